The fourth-order valence-electron chi connectivity index (χ4n) is 3.31. The van der Waals surface area contributed by atoms with Crippen molar-refractivity contribution < 1.29 is 19.0 Å². The number of hydrogen-bond donors (Lipinski definition) is 0. The topological polar surface area (TPSA) is 60.9 Å². The maximum atomic E-state index is 12.6. The molecule has 2 aliphatic rings. The van der Waals surface area contributed by atoms with Gasteiger partial charge in [-0.2, -0.15) is 0 Å². The molecule has 0 unspecified atom stereocenters. The van der Waals surface area contributed by atoms with E-state index >= 15 is 0 Å². The zero-order valence-electron chi connectivity index (χ0n) is 13.1. The van der Waals surface area contributed by atoms with Gasteiger partial charge >= 0.3 is 0 Å². The van der Waals surface area contributed by atoms with E-state index in [9.17, 15) is 4.79 Å². The van der Waals surface area contributed by atoms with Crippen molar-refractivity contribution in [2.75, 3.05) is 33.9 Å². The predicted molar refractivity (Wildman–Crippen MR) is 80.0 cm³/mol. The average Bonchev–Trinajstić information content (AvgIpc) is 2.98. The van der Waals surface area contributed by atoms with Crippen LogP contribution in [0.25, 0.3) is 0 Å². The van der Waals surface area contributed by atoms with Gasteiger partial charge in [0.25, 0.3) is 5.91 Å². The summed E-state index contributed by atoms with van der Waals surface area (Å²) in [7, 11) is 3.25. The van der Waals surface area contributed by atoms with E-state index in [1.54, 1.807) is 25.4 Å². The van der Waals surface area contributed by atoms with E-state index < -0.39 is 0 Å². The van der Waals surface area contributed by atoms with Crippen LogP contribution in [0.1, 0.15) is 29.6 Å². The van der Waals surface area contributed by atoms with Gasteiger partial charge < -0.3 is 19.1 Å². The van der Waals surface area contributed by atoms with Crippen LogP contribution >= 0.6 is 0 Å². The third-order valence-corrected chi connectivity index (χ3v) is 4.67. The van der Waals surface area contributed by atoms with Crippen LogP contribution in [0.5, 0.6) is 5.88 Å². The van der Waals surface area contributed by atoms with Crippen molar-refractivity contribution in [2.24, 2.45) is 0 Å². The van der Waals surface area contributed by atoms with Gasteiger partial charge in [-0.25, -0.2) is 4.98 Å². The lowest BCUT2D eigenvalue weighted by Crippen LogP contribution is -2.46. The van der Waals surface area contributed by atoms with Crippen molar-refractivity contribution in [1.82, 2.24) is 9.88 Å². The normalized spacial score (nSPS) is 23.7. The van der Waals surface area contributed by atoms with Crippen LogP contribution in [-0.4, -0.2) is 61.4 Å². The summed E-state index contributed by atoms with van der Waals surface area (Å²) in [5, 5.41) is 0. The second-order valence-corrected chi connectivity index (χ2v) is 5.91. The second-order valence-electron chi connectivity index (χ2n) is 5.91. The van der Waals surface area contributed by atoms with E-state index in [0.717, 1.165) is 19.3 Å². The second kappa shape index (κ2) is 6.22. The van der Waals surface area contributed by atoms with Gasteiger partial charge in [-0.15, -0.1) is 0 Å². The molecule has 22 heavy (non-hydrogen) atoms. The van der Waals surface area contributed by atoms with Crippen LogP contribution in [0.2, 0.25) is 0 Å². The molecule has 1 aromatic rings. The zero-order chi connectivity index (χ0) is 15.6. The molecule has 0 aliphatic carbocycles. The highest BCUT2D eigenvalue weighted by atomic mass is 16.6. The molecule has 1 amide bonds. The number of likely N-dealkylation sites (tertiary alicyclic amines) is 1. The van der Waals surface area contributed by atoms with Crippen LogP contribution in [0, 0.1) is 0 Å². The third-order valence-electron chi connectivity index (χ3n) is 4.67. The SMILES string of the molecule is COc1ncccc1C(=O)N1CCC2(CC1)C[C@H](OC)CO2. The minimum absolute atomic E-state index is 0.0268. The molecule has 2 aliphatic heterocycles. The molecule has 3 heterocycles. The monoisotopic (exact) mass is 306 g/mol. The highest BCUT2D eigenvalue weighted by Crippen LogP contribution is 2.37. The van der Waals surface area contributed by atoms with Gasteiger partial charge in [0.05, 0.1) is 25.4 Å². The van der Waals surface area contributed by atoms with E-state index in [-0.39, 0.29) is 17.6 Å². The molecular weight excluding hydrogens is 284 g/mol. The van der Waals surface area contributed by atoms with Gasteiger partial charge in [0, 0.05) is 32.8 Å². The number of ether oxygens (including phenoxy) is 3. The molecule has 0 aromatic carbocycles. The number of piperidine rings is 1. The molecule has 3 rings (SSSR count). The Balaban J connectivity index is 1.65. The Morgan fingerprint density at radius 1 is 1.41 bits per heavy atom. The van der Waals surface area contributed by atoms with Gasteiger partial charge in [-0.05, 0) is 25.0 Å². The van der Waals surface area contributed by atoms with Crippen molar-refractivity contribution in [3.63, 3.8) is 0 Å². The number of nitrogens with zero attached hydrogens (tertiary/aromatic N) is 2. The molecule has 1 spiro atoms. The molecule has 0 saturated carbocycles. The largest absolute Gasteiger partial charge is 0.480 e. The molecule has 2 fully saturated rings. The molecule has 6 heteroatoms. The first-order chi connectivity index (χ1) is 10.7. The number of carbonyl (C=O) groups is 1. The van der Waals surface area contributed by atoms with Crippen molar-refractivity contribution in [3.05, 3.63) is 23.9 Å². The first-order valence-corrected chi connectivity index (χ1v) is 7.62. The first-order valence-electron chi connectivity index (χ1n) is 7.62. The van der Waals surface area contributed by atoms with E-state index in [2.05, 4.69) is 4.98 Å². The lowest BCUT2D eigenvalue weighted by Gasteiger charge is -2.38. The highest BCUT2D eigenvalue weighted by molar-refractivity contribution is 5.96. The maximum Gasteiger partial charge on any atom is 0.259 e. The predicted octanol–water partition coefficient (Wildman–Crippen LogP) is 1.50. The summed E-state index contributed by atoms with van der Waals surface area (Å²) in [6.45, 7) is 2.03. The average molecular weight is 306 g/mol. The standard InChI is InChI=1S/C16H22N2O4/c1-20-12-10-16(22-11-12)5-8-18(9-6-16)15(19)13-4-3-7-17-14(13)21-2/h3-4,7,12H,5-6,8-11H2,1-2H3/t12-/m0/s1. The fraction of sp³-hybridized carbons (Fsp3) is 0.625. The van der Waals surface area contributed by atoms with Gasteiger partial charge in [-0.3, -0.25) is 4.79 Å². The molecule has 6 nitrogen and oxygen atoms in total. The number of hydrogen-bond acceptors (Lipinski definition) is 5. The van der Waals surface area contributed by atoms with E-state index in [0.29, 0.717) is 31.1 Å². The van der Waals surface area contributed by atoms with Crippen molar-refractivity contribution in [1.29, 1.82) is 0 Å². The Kier molecular flexibility index (Phi) is 4.31. The lowest BCUT2D eigenvalue weighted by atomic mass is 9.87. The summed E-state index contributed by atoms with van der Waals surface area (Å²) in [5.41, 5.74) is 0.402. The van der Waals surface area contributed by atoms with E-state index in [1.165, 1.54) is 7.11 Å². The van der Waals surface area contributed by atoms with Crippen molar-refractivity contribution >= 4 is 5.91 Å². The molecule has 1 aromatic heterocycles. The summed E-state index contributed by atoms with van der Waals surface area (Å²) < 4.78 is 16.5. The number of methoxy groups -OCH3 is 2. The fourth-order valence-corrected chi connectivity index (χ4v) is 3.31. The van der Waals surface area contributed by atoms with Crippen LogP contribution in [0.3, 0.4) is 0 Å². The van der Waals surface area contributed by atoms with Gasteiger partial charge in [-0.1, -0.05) is 0 Å². The molecule has 1 atom stereocenters. The Labute approximate surface area is 130 Å². The molecular formula is C16H22N2O4. The number of aromatic nitrogens is 1. The summed E-state index contributed by atoms with van der Waals surface area (Å²) in [5.74, 6) is 0.352. The minimum atomic E-state index is -0.115. The Morgan fingerprint density at radius 3 is 2.82 bits per heavy atom. The highest BCUT2D eigenvalue weighted by Gasteiger charge is 2.43. The Hall–Kier alpha value is -1.66. The number of pyridine rings is 1. The lowest BCUT2D eigenvalue weighted by molar-refractivity contribution is -0.0402. The molecule has 0 bridgehead atoms. The number of rotatable bonds is 3. The van der Waals surface area contributed by atoms with Crippen molar-refractivity contribution in [3.8, 4) is 5.88 Å². The molecule has 2 saturated heterocycles. The van der Waals surface area contributed by atoms with Gasteiger partial charge in [0.15, 0.2) is 0 Å². The van der Waals surface area contributed by atoms with Crippen LogP contribution in [-0.2, 0) is 9.47 Å². The van der Waals surface area contributed by atoms with E-state index in [4.69, 9.17) is 14.2 Å². The van der Waals surface area contributed by atoms with Crippen molar-refractivity contribution in [2.45, 2.75) is 31.0 Å². The summed E-state index contributed by atoms with van der Waals surface area (Å²) >= 11 is 0. The molecule has 120 valence electrons. The Bertz CT molecular complexity index is 541. The Morgan fingerprint density at radius 2 is 2.18 bits per heavy atom. The first kappa shape index (κ1) is 15.2. The number of amides is 1. The summed E-state index contributed by atoms with van der Waals surface area (Å²) in [6, 6.07) is 3.51. The molecule has 0 radical (unpaired) electrons. The van der Waals surface area contributed by atoms with E-state index in [1.807, 2.05) is 4.90 Å². The maximum absolute atomic E-state index is 12.6. The quantitative estimate of drug-likeness (QED) is 0.847. The summed E-state index contributed by atoms with van der Waals surface area (Å²) in [6.07, 6.45) is 4.42. The molecule has 0 N–H and O–H groups in total. The third kappa shape index (κ3) is 2.80. The van der Waals surface area contributed by atoms with Crippen LogP contribution < -0.4 is 4.74 Å². The number of carbonyl (C=O) groups excluding carboxylic acids is 1. The van der Waals surface area contributed by atoms with Gasteiger partial charge in [0.1, 0.15) is 5.56 Å². The van der Waals surface area contributed by atoms with Crippen LogP contribution in [0.15, 0.2) is 18.3 Å². The summed E-state index contributed by atoms with van der Waals surface area (Å²) in [4.78, 5) is 18.6. The van der Waals surface area contributed by atoms with Gasteiger partial charge in [0.2, 0.25) is 5.88 Å². The minimum Gasteiger partial charge on any atom is -0.480 e. The smallest absolute Gasteiger partial charge is 0.259 e. The zero-order valence-corrected chi connectivity index (χ0v) is 13.1. The van der Waals surface area contributed by atoms with Crippen LogP contribution in [0.4, 0.5) is 0 Å².